The van der Waals surface area contributed by atoms with E-state index in [1.807, 2.05) is 20.9 Å². The molecule has 0 spiro atoms. The van der Waals surface area contributed by atoms with Crippen molar-refractivity contribution >= 4 is 5.91 Å². The fraction of sp³-hybridized carbons (Fsp3) is 0.375. The van der Waals surface area contributed by atoms with Gasteiger partial charge in [-0.15, -0.1) is 0 Å². The summed E-state index contributed by atoms with van der Waals surface area (Å²) in [6.07, 6.45) is 3.46. The smallest absolute Gasteiger partial charge is 0.250 e. The summed E-state index contributed by atoms with van der Waals surface area (Å²) >= 11 is 0. The molecule has 0 aliphatic carbocycles. The molecular formula is C8H14N2O. The zero-order valence-corrected chi connectivity index (χ0v) is 7.16. The molecule has 3 nitrogen and oxygen atoms in total. The SMILES string of the molecule is CC.Cn1ccc(C(N)=O)c1. The summed E-state index contributed by atoms with van der Waals surface area (Å²) in [6.45, 7) is 4.00. The number of hydrogen-bond donors (Lipinski definition) is 1. The van der Waals surface area contributed by atoms with Crippen LogP contribution in [0.1, 0.15) is 24.2 Å². The van der Waals surface area contributed by atoms with Gasteiger partial charge in [0.15, 0.2) is 0 Å². The van der Waals surface area contributed by atoms with Crippen molar-refractivity contribution < 1.29 is 4.79 Å². The topological polar surface area (TPSA) is 48.0 Å². The van der Waals surface area contributed by atoms with E-state index in [0.717, 1.165) is 0 Å². The zero-order chi connectivity index (χ0) is 8.85. The van der Waals surface area contributed by atoms with Crippen LogP contribution in [-0.2, 0) is 7.05 Å². The zero-order valence-electron chi connectivity index (χ0n) is 7.16. The Kier molecular flexibility index (Phi) is 4.03. The van der Waals surface area contributed by atoms with Gasteiger partial charge >= 0.3 is 0 Å². The predicted octanol–water partition coefficient (Wildman–Crippen LogP) is 1.15. The molecule has 1 rings (SSSR count). The highest BCUT2D eigenvalue weighted by atomic mass is 16.1. The molecule has 3 heteroatoms. The first-order valence-electron chi connectivity index (χ1n) is 3.62. The van der Waals surface area contributed by atoms with Crippen molar-refractivity contribution in [3.63, 3.8) is 0 Å². The molecule has 0 bridgehead atoms. The van der Waals surface area contributed by atoms with Gasteiger partial charge in [-0.1, -0.05) is 13.8 Å². The maximum atomic E-state index is 10.4. The molecule has 0 unspecified atom stereocenters. The Labute approximate surface area is 66.8 Å². The Hall–Kier alpha value is -1.25. The summed E-state index contributed by atoms with van der Waals surface area (Å²) in [7, 11) is 1.84. The number of nitrogens with two attached hydrogens (primary N) is 1. The van der Waals surface area contributed by atoms with E-state index in [1.165, 1.54) is 0 Å². The van der Waals surface area contributed by atoms with Gasteiger partial charge in [-0.25, -0.2) is 0 Å². The molecule has 62 valence electrons. The Morgan fingerprint density at radius 2 is 2.09 bits per heavy atom. The quantitative estimate of drug-likeness (QED) is 0.648. The van der Waals surface area contributed by atoms with Crippen molar-refractivity contribution in [2.75, 3.05) is 0 Å². The fourth-order valence-electron chi connectivity index (χ4n) is 0.649. The predicted molar refractivity (Wildman–Crippen MR) is 45.3 cm³/mol. The van der Waals surface area contributed by atoms with Gasteiger partial charge < -0.3 is 10.3 Å². The first-order chi connectivity index (χ1) is 5.20. The Morgan fingerprint density at radius 1 is 1.55 bits per heavy atom. The largest absolute Gasteiger partial charge is 0.366 e. The van der Waals surface area contributed by atoms with Crippen LogP contribution in [0.4, 0.5) is 0 Å². The fourth-order valence-corrected chi connectivity index (χ4v) is 0.649. The summed E-state index contributed by atoms with van der Waals surface area (Å²) in [4.78, 5) is 10.4. The standard InChI is InChI=1S/C6H8N2O.C2H6/c1-8-3-2-5(4-8)6(7)9;1-2/h2-4H,1H3,(H2,7,9);1-2H3. The molecule has 0 aliphatic heterocycles. The number of hydrogen-bond acceptors (Lipinski definition) is 1. The summed E-state index contributed by atoms with van der Waals surface area (Å²) in [6, 6.07) is 1.68. The lowest BCUT2D eigenvalue weighted by molar-refractivity contribution is 0.100. The maximum Gasteiger partial charge on any atom is 0.250 e. The lowest BCUT2D eigenvalue weighted by atomic mass is 10.3. The summed E-state index contributed by atoms with van der Waals surface area (Å²) in [5, 5.41) is 0. The molecule has 0 radical (unpaired) electrons. The summed E-state index contributed by atoms with van der Waals surface area (Å²) < 4.78 is 1.78. The number of nitrogens with zero attached hydrogens (tertiary/aromatic N) is 1. The highest BCUT2D eigenvalue weighted by molar-refractivity contribution is 5.92. The summed E-state index contributed by atoms with van der Waals surface area (Å²) in [5.74, 6) is -0.379. The van der Waals surface area contributed by atoms with Crippen LogP contribution in [0.25, 0.3) is 0 Å². The second kappa shape index (κ2) is 4.55. The number of carbonyl (C=O) groups excluding carboxylic acids is 1. The van der Waals surface area contributed by atoms with Gasteiger partial charge in [0.05, 0.1) is 5.56 Å². The molecule has 0 fully saturated rings. The molecule has 0 atom stereocenters. The van der Waals surface area contributed by atoms with E-state index in [0.29, 0.717) is 5.56 Å². The first-order valence-corrected chi connectivity index (χ1v) is 3.62. The Balaban J connectivity index is 0.000000461. The lowest BCUT2D eigenvalue weighted by Gasteiger charge is -1.84. The van der Waals surface area contributed by atoms with Gasteiger partial charge in [0.1, 0.15) is 0 Å². The summed E-state index contributed by atoms with van der Waals surface area (Å²) in [5.41, 5.74) is 5.53. The molecule has 0 saturated carbocycles. The van der Waals surface area contributed by atoms with Gasteiger partial charge in [-0.2, -0.15) is 0 Å². The van der Waals surface area contributed by atoms with E-state index >= 15 is 0 Å². The van der Waals surface area contributed by atoms with Gasteiger partial charge in [-0.05, 0) is 6.07 Å². The highest BCUT2D eigenvalue weighted by Crippen LogP contribution is 1.96. The number of rotatable bonds is 1. The van der Waals surface area contributed by atoms with Crippen LogP contribution in [0.15, 0.2) is 18.5 Å². The van der Waals surface area contributed by atoms with Crippen LogP contribution in [0.3, 0.4) is 0 Å². The van der Waals surface area contributed by atoms with Crippen molar-refractivity contribution in [2.24, 2.45) is 12.8 Å². The molecule has 11 heavy (non-hydrogen) atoms. The third kappa shape index (κ3) is 2.89. The Morgan fingerprint density at radius 3 is 2.27 bits per heavy atom. The Bertz CT molecular complexity index is 228. The van der Waals surface area contributed by atoms with E-state index in [4.69, 9.17) is 5.73 Å². The molecule has 1 aromatic rings. The molecular weight excluding hydrogens is 140 g/mol. The molecule has 0 aromatic carbocycles. The van der Waals surface area contributed by atoms with Gasteiger partial charge in [0.25, 0.3) is 0 Å². The minimum atomic E-state index is -0.379. The van der Waals surface area contributed by atoms with Gasteiger partial charge in [0, 0.05) is 19.4 Å². The van der Waals surface area contributed by atoms with Crippen LogP contribution in [-0.4, -0.2) is 10.5 Å². The van der Waals surface area contributed by atoms with Crippen molar-refractivity contribution in [3.8, 4) is 0 Å². The average Bonchev–Trinajstić information content (AvgIpc) is 2.40. The molecule has 1 amide bonds. The molecule has 0 aliphatic rings. The molecule has 0 saturated heterocycles. The normalized spacial score (nSPS) is 8.27. The average molecular weight is 154 g/mol. The number of aryl methyl sites for hydroxylation is 1. The highest BCUT2D eigenvalue weighted by Gasteiger charge is 1.98. The molecule has 2 N–H and O–H groups in total. The van der Waals surface area contributed by atoms with Crippen molar-refractivity contribution in [1.82, 2.24) is 4.57 Å². The van der Waals surface area contributed by atoms with E-state index in [-0.39, 0.29) is 5.91 Å². The molecule has 1 aromatic heterocycles. The van der Waals surface area contributed by atoms with E-state index in [9.17, 15) is 4.79 Å². The number of aromatic nitrogens is 1. The molecule has 1 heterocycles. The second-order valence-electron chi connectivity index (χ2n) is 1.93. The van der Waals surface area contributed by atoms with E-state index in [2.05, 4.69) is 0 Å². The minimum Gasteiger partial charge on any atom is -0.366 e. The third-order valence-electron chi connectivity index (χ3n) is 1.12. The van der Waals surface area contributed by atoms with Crippen LogP contribution < -0.4 is 5.73 Å². The van der Waals surface area contributed by atoms with Crippen LogP contribution in [0.5, 0.6) is 0 Å². The minimum absolute atomic E-state index is 0.379. The van der Waals surface area contributed by atoms with E-state index in [1.54, 1.807) is 23.0 Å². The van der Waals surface area contributed by atoms with Crippen molar-refractivity contribution in [3.05, 3.63) is 24.0 Å². The number of primary amides is 1. The van der Waals surface area contributed by atoms with Gasteiger partial charge in [0.2, 0.25) is 5.91 Å². The van der Waals surface area contributed by atoms with Crippen LogP contribution in [0.2, 0.25) is 0 Å². The second-order valence-corrected chi connectivity index (χ2v) is 1.93. The first kappa shape index (κ1) is 9.75. The van der Waals surface area contributed by atoms with Crippen LogP contribution in [0, 0.1) is 0 Å². The van der Waals surface area contributed by atoms with Crippen molar-refractivity contribution in [1.29, 1.82) is 0 Å². The van der Waals surface area contributed by atoms with Crippen LogP contribution >= 0.6 is 0 Å². The van der Waals surface area contributed by atoms with Gasteiger partial charge in [-0.3, -0.25) is 4.79 Å². The number of amides is 1. The monoisotopic (exact) mass is 154 g/mol. The maximum absolute atomic E-state index is 10.4. The third-order valence-corrected chi connectivity index (χ3v) is 1.12. The lowest BCUT2D eigenvalue weighted by Crippen LogP contribution is -2.09. The van der Waals surface area contributed by atoms with Crippen molar-refractivity contribution in [2.45, 2.75) is 13.8 Å². The van der Waals surface area contributed by atoms with E-state index < -0.39 is 0 Å². The number of carbonyl (C=O) groups is 1.